The van der Waals surface area contributed by atoms with Gasteiger partial charge in [0, 0.05) is 5.92 Å². The molecule has 0 aromatic heterocycles. The molecule has 2 rings (SSSR count). The lowest BCUT2D eigenvalue weighted by Gasteiger charge is -2.16. The Morgan fingerprint density at radius 1 is 1.38 bits per heavy atom. The zero-order valence-electron chi connectivity index (χ0n) is 11.5. The zero-order chi connectivity index (χ0) is 15.6. The highest BCUT2D eigenvalue weighted by molar-refractivity contribution is 5.94. The molecule has 0 radical (unpaired) electrons. The highest BCUT2D eigenvalue weighted by Crippen LogP contribution is 2.34. The van der Waals surface area contributed by atoms with Gasteiger partial charge in [0.15, 0.2) is 0 Å². The summed E-state index contributed by atoms with van der Waals surface area (Å²) in [7, 11) is 0. The molecule has 1 aromatic carbocycles. The first-order valence-electron chi connectivity index (χ1n) is 6.75. The van der Waals surface area contributed by atoms with Crippen LogP contribution in [0.5, 0.6) is 0 Å². The number of halogens is 3. The van der Waals surface area contributed by atoms with Gasteiger partial charge in [-0.2, -0.15) is 18.4 Å². The number of alkyl halides is 3. The topological polar surface area (TPSA) is 52.9 Å². The number of carbonyl (C=O) groups is 1. The SMILES string of the molecule is CC1CCCC1C(=O)Nc1ccc(C(F)(F)F)cc1C#N. The van der Waals surface area contributed by atoms with E-state index in [1.54, 1.807) is 6.07 Å². The van der Waals surface area contributed by atoms with Gasteiger partial charge in [0.1, 0.15) is 6.07 Å². The van der Waals surface area contributed by atoms with Gasteiger partial charge in [-0.25, -0.2) is 0 Å². The quantitative estimate of drug-likeness (QED) is 0.898. The minimum Gasteiger partial charge on any atom is -0.325 e. The average Bonchev–Trinajstić information content (AvgIpc) is 2.84. The fraction of sp³-hybridized carbons (Fsp3) is 0.467. The van der Waals surface area contributed by atoms with Crippen LogP contribution in [0.4, 0.5) is 18.9 Å². The van der Waals surface area contributed by atoms with Crippen LogP contribution in [0.25, 0.3) is 0 Å². The van der Waals surface area contributed by atoms with E-state index in [1.807, 2.05) is 6.92 Å². The van der Waals surface area contributed by atoms with Crippen molar-refractivity contribution in [2.45, 2.75) is 32.4 Å². The van der Waals surface area contributed by atoms with Crippen molar-refractivity contribution in [2.24, 2.45) is 11.8 Å². The van der Waals surface area contributed by atoms with Crippen molar-refractivity contribution >= 4 is 11.6 Å². The van der Waals surface area contributed by atoms with Gasteiger partial charge in [0.2, 0.25) is 5.91 Å². The van der Waals surface area contributed by atoms with E-state index in [9.17, 15) is 18.0 Å². The number of nitrogens with zero attached hydrogens (tertiary/aromatic N) is 1. The van der Waals surface area contributed by atoms with E-state index < -0.39 is 11.7 Å². The molecule has 0 spiro atoms. The fourth-order valence-corrected chi connectivity index (χ4v) is 2.68. The molecular weight excluding hydrogens is 281 g/mol. The lowest BCUT2D eigenvalue weighted by molar-refractivity contribution is -0.137. The molecule has 0 heterocycles. The minimum absolute atomic E-state index is 0.134. The van der Waals surface area contributed by atoms with E-state index in [1.165, 1.54) is 0 Å². The van der Waals surface area contributed by atoms with Gasteiger partial charge in [-0.15, -0.1) is 0 Å². The highest BCUT2D eigenvalue weighted by Gasteiger charge is 2.32. The Morgan fingerprint density at radius 2 is 2.10 bits per heavy atom. The van der Waals surface area contributed by atoms with Gasteiger partial charge in [-0.05, 0) is 37.0 Å². The molecule has 1 saturated carbocycles. The number of amides is 1. The molecule has 1 aromatic rings. The van der Waals surface area contributed by atoms with Crippen LogP contribution in [0.15, 0.2) is 18.2 Å². The van der Waals surface area contributed by atoms with E-state index in [2.05, 4.69) is 5.32 Å². The molecule has 1 N–H and O–H groups in total. The molecule has 0 bridgehead atoms. The number of hydrogen-bond acceptors (Lipinski definition) is 2. The summed E-state index contributed by atoms with van der Waals surface area (Å²) in [4.78, 5) is 12.1. The fourth-order valence-electron chi connectivity index (χ4n) is 2.68. The molecule has 6 heteroatoms. The maximum atomic E-state index is 12.6. The van der Waals surface area contributed by atoms with Crippen molar-refractivity contribution in [1.82, 2.24) is 0 Å². The van der Waals surface area contributed by atoms with Gasteiger partial charge in [-0.3, -0.25) is 4.79 Å². The normalized spacial score (nSPS) is 21.9. The Kier molecular flexibility index (Phi) is 4.21. The van der Waals surface area contributed by atoms with Gasteiger partial charge in [0.05, 0.1) is 16.8 Å². The Bertz CT molecular complexity index is 590. The average molecular weight is 296 g/mol. The van der Waals surface area contributed by atoms with Crippen molar-refractivity contribution in [3.05, 3.63) is 29.3 Å². The third kappa shape index (κ3) is 3.35. The summed E-state index contributed by atoms with van der Waals surface area (Å²) in [6.07, 6.45) is -1.79. The van der Waals surface area contributed by atoms with Crippen LogP contribution in [0.1, 0.15) is 37.3 Å². The van der Waals surface area contributed by atoms with E-state index in [-0.39, 0.29) is 29.0 Å². The maximum absolute atomic E-state index is 12.6. The number of hydrogen-bond donors (Lipinski definition) is 1. The largest absolute Gasteiger partial charge is 0.416 e. The molecule has 2 atom stereocenters. The molecule has 21 heavy (non-hydrogen) atoms. The Morgan fingerprint density at radius 3 is 2.62 bits per heavy atom. The molecule has 112 valence electrons. The molecule has 0 saturated heterocycles. The molecule has 1 fully saturated rings. The van der Waals surface area contributed by atoms with Crippen LogP contribution in [-0.2, 0) is 11.0 Å². The summed E-state index contributed by atoms with van der Waals surface area (Å²) in [5, 5.41) is 11.6. The molecule has 2 unspecified atom stereocenters. The first kappa shape index (κ1) is 15.4. The van der Waals surface area contributed by atoms with E-state index in [0.717, 1.165) is 37.5 Å². The molecular formula is C15H15F3N2O. The second-order valence-corrected chi connectivity index (χ2v) is 5.37. The van der Waals surface area contributed by atoms with E-state index in [0.29, 0.717) is 0 Å². The molecule has 1 aliphatic rings. The monoisotopic (exact) mass is 296 g/mol. The van der Waals surface area contributed by atoms with Crippen molar-refractivity contribution in [1.29, 1.82) is 5.26 Å². The molecule has 0 aliphatic heterocycles. The van der Waals surface area contributed by atoms with E-state index in [4.69, 9.17) is 5.26 Å². The highest BCUT2D eigenvalue weighted by atomic mass is 19.4. The Balaban J connectivity index is 2.21. The van der Waals surface area contributed by atoms with Gasteiger partial charge in [-0.1, -0.05) is 13.3 Å². The van der Waals surface area contributed by atoms with Crippen LogP contribution in [0.3, 0.4) is 0 Å². The minimum atomic E-state index is -4.51. The summed E-state index contributed by atoms with van der Waals surface area (Å²) in [6, 6.07) is 4.47. The first-order valence-corrected chi connectivity index (χ1v) is 6.75. The number of nitriles is 1. The van der Waals surface area contributed by atoms with Gasteiger partial charge >= 0.3 is 6.18 Å². The molecule has 1 amide bonds. The third-order valence-corrected chi connectivity index (χ3v) is 3.92. The predicted octanol–water partition coefficient (Wildman–Crippen LogP) is 3.95. The Hall–Kier alpha value is -2.03. The van der Waals surface area contributed by atoms with Gasteiger partial charge < -0.3 is 5.32 Å². The van der Waals surface area contributed by atoms with Crippen molar-refractivity contribution in [3.8, 4) is 6.07 Å². The predicted molar refractivity (Wildman–Crippen MR) is 71.3 cm³/mol. The number of anilines is 1. The molecule has 3 nitrogen and oxygen atoms in total. The summed E-state index contributed by atoms with van der Waals surface area (Å²) < 4.78 is 37.8. The lowest BCUT2D eigenvalue weighted by atomic mass is 9.97. The van der Waals surface area contributed by atoms with Crippen LogP contribution < -0.4 is 5.32 Å². The standard InChI is InChI=1S/C15H15F3N2O/c1-9-3-2-4-12(9)14(21)20-13-6-5-11(15(16,17)18)7-10(13)8-19/h5-7,9,12H,2-4H2,1H3,(H,20,21). The van der Waals surface area contributed by atoms with Crippen LogP contribution >= 0.6 is 0 Å². The third-order valence-electron chi connectivity index (χ3n) is 3.92. The van der Waals surface area contributed by atoms with Crippen molar-refractivity contribution in [3.63, 3.8) is 0 Å². The number of nitrogens with one attached hydrogen (secondary N) is 1. The number of benzene rings is 1. The smallest absolute Gasteiger partial charge is 0.325 e. The summed E-state index contributed by atoms with van der Waals surface area (Å²) >= 11 is 0. The van der Waals surface area contributed by atoms with Crippen molar-refractivity contribution in [2.75, 3.05) is 5.32 Å². The van der Waals surface area contributed by atoms with Crippen LogP contribution in [0.2, 0.25) is 0 Å². The van der Waals surface area contributed by atoms with Crippen LogP contribution in [-0.4, -0.2) is 5.91 Å². The molecule has 1 aliphatic carbocycles. The number of carbonyl (C=O) groups excluding carboxylic acids is 1. The lowest BCUT2D eigenvalue weighted by Crippen LogP contribution is -2.25. The maximum Gasteiger partial charge on any atom is 0.416 e. The second-order valence-electron chi connectivity index (χ2n) is 5.37. The zero-order valence-corrected chi connectivity index (χ0v) is 11.5. The summed E-state index contributed by atoms with van der Waals surface area (Å²) in [6.45, 7) is 1.98. The van der Waals surface area contributed by atoms with E-state index >= 15 is 0 Å². The summed E-state index contributed by atoms with van der Waals surface area (Å²) in [5.41, 5.74) is -0.940. The Labute approximate surface area is 120 Å². The first-order chi connectivity index (χ1) is 9.82. The van der Waals surface area contributed by atoms with Crippen LogP contribution in [0, 0.1) is 23.2 Å². The van der Waals surface area contributed by atoms with Crippen molar-refractivity contribution < 1.29 is 18.0 Å². The number of rotatable bonds is 2. The van der Waals surface area contributed by atoms with Gasteiger partial charge in [0.25, 0.3) is 0 Å². The second kappa shape index (κ2) is 5.76. The summed E-state index contributed by atoms with van der Waals surface area (Å²) in [5.74, 6) is -0.111.